The van der Waals surface area contributed by atoms with Gasteiger partial charge in [-0.05, 0) is 37.8 Å². The SMILES string of the molecule is c1cc(OC2C[C@H]3CC[C@@H](C2)N3C2CNC2)ccn1. The van der Waals surface area contributed by atoms with E-state index in [1.165, 1.54) is 38.8 Å². The van der Waals surface area contributed by atoms with Gasteiger partial charge in [0.05, 0.1) is 0 Å². The zero-order valence-corrected chi connectivity index (χ0v) is 11.2. The van der Waals surface area contributed by atoms with E-state index < -0.39 is 0 Å². The smallest absolute Gasteiger partial charge is 0.122 e. The molecule has 3 fully saturated rings. The highest BCUT2D eigenvalue weighted by Crippen LogP contribution is 2.39. The van der Waals surface area contributed by atoms with E-state index in [1.807, 2.05) is 12.1 Å². The normalized spacial score (nSPS) is 35.1. The quantitative estimate of drug-likeness (QED) is 0.891. The molecule has 0 aliphatic carbocycles. The van der Waals surface area contributed by atoms with Crippen LogP contribution in [-0.2, 0) is 0 Å². The number of nitrogens with zero attached hydrogens (tertiary/aromatic N) is 2. The highest BCUT2D eigenvalue weighted by Gasteiger charge is 2.45. The van der Waals surface area contributed by atoms with E-state index in [0.29, 0.717) is 6.10 Å². The van der Waals surface area contributed by atoms with E-state index in [-0.39, 0.29) is 0 Å². The Kier molecular flexibility index (Phi) is 2.93. The van der Waals surface area contributed by atoms with Gasteiger partial charge in [-0.15, -0.1) is 0 Å². The number of piperidine rings is 1. The predicted molar refractivity (Wildman–Crippen MR) is 73.2 cm³/mol. The average Bonchev–Trinajstić information content (AvgIpc) is 2.62. The Morgan fingerprint density at radius 2 is 1.74 bits per heavy atom. The first-order valence-electron chi connectivity index (χ1n) is 7.45. The fourth-order valence-electron chi connectivity index (χ4n) is 3.95. The predicted octanol–water partition coefficient (Wildman–Crippen LogP) is 1.43. The van der Waals surface area contributed by atoms with Crippen molar-refractivity contribution in [3.05, 3.63) is 24.5 Å². The number of nitrogens with one attached hydrogen (secondary N) is 1. The van der Waals surface area contributed by atoms with E-state index in [2.05, 4.69) is 15.2 Å². The highest BCUT2D eigenvalue weighted by atomic mass is 16.5. The molecule has 1 unspecified atom stereocenters. The molecule has 0 aromatic carbocycles. The molecule has 0 spiro atoms. The van der Waals surface area contributed by atoms with Gasteiger partial charge >= 0.3 is 0 Å². The molecule has 4 heteroatoms. The van der Waals surface area contributed by atoms with Crippen LogP contribution >= 0.6 is 0 Å². The van der Waals surface area contributed by atoms with Crippen LogP contribution in [0.3, 0.4) is 0 Å². The maximum Gasteiger partial charge on any atom is 0.122 e. The molecule has 4 heterocycles. The maximum absolute atomic E-state index is 6.13. The number of fused-ring (bicyclic) bond motifs is 2. The zero-order chi connectivity index (χ0) is 12.7. The molecule has 4 rings (SSSR count). The molecule has 3 aliphatic rings. The fourth-order valence-corrected chi connectivity index (χ4v) is 3.95. The molecule has 1 aromatic heterocycles. The van der Waals surface area contributed by atoms with E-state index in [4.69, 9.17) is 4.74 Å². The molecular formula is C15H21N3O. The molecule has 0 saturated carbocycles. The van der Waals surface area contributed by atoms with E-state index >= 15 is 0 Å². The van der Waals surface area contributed by atoms with E-state index in [0.717, 1.165) is 23.9 Å². The summed E-state index contributed by atoms with van der Waals surface area (Å²) >= 11 is 0. The van der Waals surface area contributed by atoms with Crippen LogP contribution in [0.2, 0.25) is 0 Å². The molecule has 102 valence electrons. The first kappa shape index (κ1) is 11.7. The summed E-state index contributed by atoms with van der Waals surface area (Å²) in [6, 6.07) is 6.21. The van der Waals surface area contributed by atoms with Gasteiger partial charge in [0.15, 0.2) is 0 Å². The molecule has 3 atom stereocenters. The largest absolute Gasteiger partial charge is 0.490 e. The standard InChI is InChI=1S/C15H21N3O/c1-2-12-8-15(19-14-3-5-16-6-4-14)7-11(1)18(12)13-9-17-10-13/h3-6,11-13,15,17H,1-2,7-10H2/t11-,12+,15?. The first-order chi connectivity index (χ1) is 9.40. The second-order valence-corrected chi connectivity index (χ2v) is 6.04. The van der Waals surface area contributed by atoms with Gasteiger partial charge in [0.1, 0.15) is 11.9 Å². The van der Waals surface area contributed by atoms with Gasteiger partial charge in [0, 0.05) is 43.6 Å². The minimum Gasteiger partial charge on any atom is -0.490 e. The summed E-state index contributed by atoms with van der Waals surface area (Å²) in [7, 11) is 0. The van der Waals surface area contributed by atoms with E-state index in [1.54, 1.807) is 12.4 Å². The van der Waals surface area contributed by atoms with Gasteiger partial charge in [-0.25, -0.2) is 0 Å². The summed E-state index contributed by atoms with van der Waals surface area (Å²) in [4.78, 5) is 6.82. The van der Waals surface area contributed by atoms with Crippen LogP contribution in [0, 0.1) is 0 Å². The van der Waals surface area contributed by atoms with Crippen LogP contribution in [0.25, 0.3) is 0 Å². The molecule has 1 N–H and O–H groups in total. The van der Waals surface area contributed by atoms with Crippen molar-refractivity contribution in [2.24, 2.45) is 0 Å². The Morgan fingerprint density at radius 1 is 1.05 bits per heavy atom. The molecule has 1 aromatic rings. The summed E-state index contributed by atoms with van der Waals surface area (Å²) in [5.41, 5.74) is 0. The molecule has 2 bridgehead atoms. The van der Waals surface area contributed by atoms with Crippen molar-refractivity contribution in [2.75, 3.05) is 13.1 Å². The lowest BCUT2D eigenvalue weighted by Gasteiger charge is -2.47. The van der Waals surface area contributed by atoms with Gasteiger partial charge in [-0.2, -0.15) is 0 Å². The van der Waals surface area contributed by atoms with Crippen LogP contribution in [0.15, 0.2) is 24.5 Å². The third kappa shape index (κ3) is 2.13. The van der Waals surface area contributed by atoms with Crippen LogP contribution in [0.1, 0.15) is 25.7 Å². The van der Waals surface area contributed by atoms with Crippen molar-refractivity contribution in [1.29, 1.82) is 0 Å². The summed E-state index contributed by atoms with van der Waals surface area (Å²) in [5.74, 6) is 0.971. The van der Waals surface area contributed by atoms with Crippen molar-refractivity contribution >= 4 is 0 Å². The fraction of sp³-hybridized carbons (Fsp3) is 0.667. The van der Waals surface area contributed by atoms with Gasteiger partial charge in [-0.3, -0.25) is 9.88 Å². The van der Waals surface area contributed by atoms with Crippen molar-refractivity contribution in [1.82, 2.24) is 15.2 Å². The topological polar surface area (TPSA) is 37.4 Å². The third-order valence-corrected chi connectivity index (χ3v) is 4.88. The Morgan fingerprint density at radius 3 is 2.32 bits per heavy atom. The molecule has 3 saturated heterocycles. The third-order valence-electron chi connectivity index (χ3n) is 4.88. The van der Waals surface area contributed by atoms with Gasteiger partial charge in [0.25, 0.3) is 0 Å². The molecule has 19 heavy (non-hydrogen) atoms. The average molecular weight is 259 g/mol. The second-order valence-electron chi connectivity index (χ2n) is 6.04. The minimum absolute atomic E-state index is 0.393. The highest BCUT2D eigenvalue weighted by molar-refractivity contribution is 5.17. The number of pyridine rings is 1. The van der Waals surface area contributed by atoms with Crippen LogP contribution in [0.5, 0.6) is 5.75 Å². The number of hydrogen-bond acceptors (Lipinski definition) is 4. The molecule has 0 radical (unpaired) electrons. The summed E-state index contributed by atoms with van der Waals surface area (Å²) in [6.45, 7) is 2.37. The molecule has 0 amide bonds. The molecular weight excluding hydrogens is 238 g/mol. The lowest BCUT2D eigenvalue weighted by Crippen LogP contribution is -2.62. The Balaban J connectivity index is 1.42. The number of hydrogen-bond donors (Lipinski definition) is 1. The van der Waals surface area contributed by atoms with Crippen molar-refractivity contribution in [2.45, 2.75) is 49.9 Å². The summed E-state index contributed by atoms with van der Waals surface area (Å²) in [6.07, 6.45) is 9.10. The van der Waals surface area contributed by atoms with Crippen molar-refractivity contribution < 1.29 is 4.74 Å². The van der Waals surface area contributed by atoms with Crippen LogP contribution in [-0.4, -0.2) is 47.2 Å². The second kappa shape index (κ2) is 4.76. The van der Waals surface area contributed by atoms with Crippen LogP contribution in [0.4, 0.5) is 0 Å². The van der Waals surface area contributed by atoms with Gasteiger partial charge < -0.3 is 10.1 Å². The van der Waals surface area contributed by atoms with Crippen molar-refractivity contribution in [3.63, 3.8) is 0 Å². The van der Waals surface area contributed by atoms with Gasteiger partial charge in [0.2, 0.25) is 0 Å². The Bertz CT molecular complexity index is 420. The summed E-state index contributed by atoms with van der Waals surface area (Å²) < 4.78 is 6.13. The van der Waals surface area contributed by atoms with Crippen LogP contribution < -0.4 is 10.1 Å². The van der Waals surface area contributed by atoms with E-state index in [9.17, 15) is 0 Å². The minimum atomic E-state index is 0.393. The van der Waals surface area contributed by atoms with Gasteiger partial charge in [-0.1, -0.05) is 0 Å². The molecule has 3 aliphatic heterocycles. The lowest BCUT2D eigenvalue weighted by molar-refractivity contribution is 0.00607. The molecule has 4 nitrogen and oxygen atoms in total. The monoisotopic (exact) mass is 259 g/mol. The zero-order valence-electron chi connectivity index (χ0n) is 11.2. The number of rotatable bonds is 3. The number of ether oxygens (including phenoxy) is 1. The first-order valence-corrected chi connectivity index (χ1v) is 7.45. The maximum atomic E-state index is 6.13. The Labute approximate surface area is 114 Å². The van der Waals surface area contributed by atoms with Crippen molar-refractivity contribution in [3.8, 4) is 5.75 Å². The Hall–Kier alpha value is -1.13. The summed E-state index contributed by atoms with van der Waals surface area (Å²) in [5, 5.41) is 3.40. The number of aromatic nitrogens is 1. The lowest BCUT2D eigenvalue weighted by atomic mass is 9.95.